The van der Waals surface area contributed by atoms with Crippen molar-refractivity contribution in [3.63, 3.8) is 0 Å². The van der Waals surface area contributed by atoms with Crippen LogP contribution in [0.2, 0.25) is 0 Å². The van der Waals surface area contributed by atoms with Crippen LogP contribution >= 0.6 is 27.3 Å². The standard InChI is InChI=1S/C13H18BrNS/c1-15-12(7-13-11(14)2-3-16-13)10-5-8-4-9(8)6-10/h2-3,8-10,12,15H,4-7H2,1H3. The van der Waals surface area contributed by atoms with Gasteiger partial charge in [0.1, 0.15) is 0 Å². The van der Waals surface area contributed by atoms with E-state index in [-0.39, 0.29) is 0 Å². The molecule has 16 heavy (non-hydrogen) atoms. The first-order chi connectivity index (χ1) is 7.78. The highest BCUT2D eigenvalue weighted by molar-refractivity contribution is 9.10. The molecule has 3 heteroatoms. The molecule has 1 nitrogen and oxygen atoms in total. The summed E-state index contributed by atoms with van der Waals surface area (Å²) in [6, 6.07) is 2.85. The Labute approximate surface area is 110 Å². The molecular weight excluding hydrogens is 282 g/mol. The van der Waals surface area contributed by atoms with Crippen molar-refractivity contribution in [3.8, 4) is 0 Å². The van der Waals surface area contributed by atoms with Gasteiger partial charge in [-0.2, -0.15) is 0 Å². The summed E-state index contributed by atoms with van der Waals surface area (Å²) >= 11 is 5.51. The van der Waals surface area contributed by atoms with Crippen molar-refractivity contribution in [2.45, 2.75) is 31.7 Å². The van der Waals surface area contributed by atoms with Crippen LogP contribution < -0.4 is 5.32 Å². The Kier molecular flexibility index (Phi) is 3.11. The van der Waals surface area contributed by atoms with Crippen molar-refractivity contribution in [2.75, 3.05) is 7.05 Å². The van der Waals surface area contributed by atoms with Crippen molar-refractivity contribution >= 4 is 27.3 Å². The van der Waals surface area contributed by atoms with Gasteiger partial charge in [0.25, 0.3) is 0 Å². The molecular formula is C13H18BrNS. The summed E-state index contributed by atoms with van der Waals surface area (Å²) < 4.78 is 1.29. The minimum absolute atomic E-state index is 0.683. The van der Waals surface area contributed by atoms with E-state index in [0.717, 1.165) is 17.8 Å². The summed E-state index contributed by atoms with van der Waals surface area (Å²) in [5.41, 5.74) is 0. The van der Waals surface area contributed by atoms with E-state index in [1.807, 2.05) is 11.3 Å². The molecule has 0 aliphatic heterocycles. The largest absolute Gasteiger partial charge is 0.316 e. The number of rotatable bonds is 4. The van der Waals surface area contributed by atoms with Crippen LogP contribution in [0.15, 0.2) is 15.9 Å². The predicted molar refractivity (Wildman–Crippen MR) is 72.9 cm³/mol. The molecule has 2 aliphatic rings. The smallest absolute Gasteiger partial charge is 0.0314 e. The fourth-order valence-corrected chi connectivity index (χ4v) is 4.84. The molecule has 3 unspecified atom stereocenters. The molecule has 2 saturated carbocycles. The third-order valence-electron chi connectivity index (χ3n) is 4.32. The van der Waals surface area contributed by atoms with Crippen molar-refractivity contribution in [3.05, 3.63) is 20.8 Å². The van der Waals surface area contributed by atoms with Crippen LogP contribution in [0.4, 0.5) is 0 Å². The van der Waals surface area contributed by atoms with Gasteiger partial charge in [0.15, 0.2) is 0 Å². The minimum Gasteiger partial charge on any atom is -0.316 e. The number of nitrogens with one attached hydrogen (secondary N) is 1. The third kappa shape index (κ3) is 2.09. The van der Waals surface area contributed by atoms with Crippen LogP contribution in [-0.4, -0.2) is 13.1 Å². The van der Waals surface area contributed by atoms with Crippen LogP contribution in [0.5, 0.6) is 0 Å². The van der Waals surface area contributed by atoms with Crippen molar-refractivity contribution < 1.29 is 0 Å². The second kappa shape index (κ2) is 4.43. The van der Waals surface area contributed by atoms with E-state index in [2.05, 4.69) is 39.7 Å². The molecule has 88 valence electrons. The fraction of sp³-hybridized carbons (Fsp3) is 0.692. The summed E-state index contributed by atoms with van der Waals surface area (Å²) in [7, 11) is 2.12. The van der Waals surface area contributed by atoms with Crippen LogP contribution in [0, 0.1) is 17.8 Å². The van der Waals surface area contributed by atoms with Gasteiger partial charge in [-0.25, -0.2) is 0 Å². The normalized spacial score (nSPS) is 33.8. The summed E-state index contributed by atoms with van der Waals surface area (Å²) in [5.74, 6) is 3.10. The van der Waals surface area contributed by atoms with Crippen molar-refractivity contribution in [2.24, 2.45) is 17.8 Å². The maximum atomic E-state index is 3.64. The Hall–Kier alpha value is 0.140. The second-order valence-electron chi connectivity index (χ2n) is 5.28. The number of likely N-dealkylation sites (N-methyl/N-ethyl adjacent to an activating group) is 1. The highest BCUT2D eigenvalue weighted by atomic mass is 79.9. The van der Waals surface area contributed by atoms with Gasteiger partial charge in [-0.05, 0) is 77.9 Å². The Balaban J connectivity index is 1.65. The fourth-order valence-electron chi connectivity index (χ4n) is 3.27. The van der Waals surface area contributed by atoms with Gasteiger partial charge < -0.3 is 5.32 Å². The van der Waals surface area contributed by atoms with Gasteiger partial charge in [-0.15, -0.1) is 11.3 Å². The molecule has 3 atom stereocenters. The Morgan fingerprint density at radius 3 is 2.75 bits per heavy atom. The highest BCUT2D eigenvalue weighted by Crippen LogP contribution is 2.55. The van der Waals surface area contributed by atoms with E-state index in [0.29, 0.717) is 6.04 Å². The molecule has 2 fully saturated rings. The number of fused-ring (bicyclic) bond motifs is 1. The van der Waals surface area contributed by atoms with E-state index < -0.39 is 0 Å². The summed E-state index contributed by atoms with van der Waals surface area (Å²) in [5, 5.41) is 5.72. The number of hydrogen-bond acceptors (Lipinski definition) is 2. The quantitative estimate of drug-likeness (QED) is 0.894. The first-order valence-corrected chi connectivity index (χ1v) is 7.84. The second-order valence-corrected chi connectivity index (χ2v) is 7.13. The zero-order valence-electron chi connectivity index (χ0n) is 9.58. The van der Waals surface area contributed by atoms with E-state index >= 15 is 0 Å². The molecule has 1 aromatic rings. The lowest BCUT2D eigenvalue weighted by molar-refractivity contribution is 0.350. The van der Waals surface area contributed by atoms with E-state index in [1.165, 1.54) is 35.0 Å². The number of halogens is 1. The summed E-state index contributed by atoms with van der Waals surface area (Å²) in [6.07, 6.45) is 5.66. The van der Waals surface area contributed by atoms with Gasteiger partial charge in [0, 0.05) is 15.4 Å². The molecule has 1 N–H and O–H groups in total. The maximum Gasteiger partial charge on any atom is 0.0314 e. The molecule has 2 aliphatic carbocycles. The molecule has 1 aromatic heterocycles. The molecule has 0 saturated heterocycles. The first kappa shape index (κ1) is 11.2. The Morgan fingerprint density at radius 2 is 2.19 bits per heavy atom. The third-order valence-corrected chi connectivity index (χ3v) is 6.26. The highest BCUT2D eigenvalue weighted by Gasteiger charge is 2.47. The molecule has 0 amide bonds. The average Bonchev–Trinajstić information content (AvgIpc) is 2.71. The van der Waals surface area contributed by atoms with Crippen LogP contribution in [-0.2, 0) is 6.42 Å². The van der Waals surface area contributed by atoms with Gasteiger partial charge in [-0.1, -0.05) is 0 Å². The molecule has 0 radical (unpaired) electrons. The van der Waals surface area contributed by atoms with E-state index in [9.17, 15) is 0 Å². The lowest BCUT2D eigenvalue weighted by atomic mass is 9.92. The molecule has 0 aromatic carbocycles. The lowest BCUT2D eigenvalue weighted by Gasteiger charge is -2.24. The van der Waals surface area contributed by atoms with Crippen LogP contribution in [0.25, 0.3) is 0 Å². The van der Waals surface area contributed by atoms with E-state index in [1.54, 1.807) is 0 Å². The molecule has 1 heterocycles. The van der Waals surface area contributed by atoms with Crippen LogP contribution in [0.3, 0.4) is 0 Å². The van der Waals surface area contributed by atoms with Crippen molar-refractivity contribution in [1.29, 1.82) is 0 Å². The number of thiophene rings is 1. The monoisotopic (exact) mass is 299 g/mol. The van der Waals surface area contributed by atoms with Gasteiger partial charge in [0.2, 0.25) is 0 Å². The SMILES string of the molecule is CNC(Cc1sccc1Br)C1CC2CC2C1. The maximum absolute atomic E-state index is 3.64. The molecule has 3 rings (SSSR count). The summed E-state index contributed by atoms with van der Waals surface area (Å²) in [6.45, 7) is 0. The molecule has 0 spiro atoms. The average molecular weight is 300 g/mol. The molecule has 0 bridgehead atoms. The number of hydrogen-bond donors (Lipinski definition) is 1. The van der Waals surface area contributed by atoms with Gasteiger partial charge >= 0.3 is 0 Å². The van der Waals surface area contributed by atoms with E-state index in [4.69, 9.17) is 0 Å². The zero-order chi connectivity index (χ0) is 11.1. The summed E-state index contributed by atoms with van der Waals surface area (Å²) in [4.78, 5) is 1.50. The first-order valence-electron chi connectivity index (χ1n) is 6.17. The lowest BCUT2D eigenvalue weighted by Crippen LogP contribution is -2.34. The van der Waals surface area contributed by atoms with Gasteiger partial charge in [-0.3, -0.25) is 0 Å². The van der Waals surface area contributed by atoms with Crippen molar-refractivity contribution in [1.82, 2.24) is 5.32 Å². The minimum atomic E-state index is 0.683. The Morgan fingerprint density at radius 1 is 1.44 bits per heavy atom. The topological polar surface area (TPSA) is 12.0 Å². The predicted octanol–water partition coefficient (Wildman–Crippen LogP) is 3.69. The van der Waals surface area contributed by atoms with Crippen LogP contribution in [0.1, 0.15) is 24.1 Å². The van der Waals surface area contributed by atoms with Gasteiger partial charge in [0.05, 0.1) is 0 Å². The zero-order valence-corrected chi connectivity index (χ0v) is 12.0. The Bertz CT molecular complexity index is 366.